The van der Waals surface area contributed by atoms with Gasteiger partial charge in [-0.3, -0.25) is 14.5 Å². The highest BCUT2D eigenvalue weighted by molar-refractivity contribution is 6.51. The minimum absolute atomic E-state index is 0.0687. The van der Waals surface area contributed by atoms with Gasteiger partial charge in [-0.15, -0.1) is 0 Å². The largest absolute Gasteiger partial charge is 0.507 e. The maximum absolute atomic E-state index is 14.1. The van der Waals surface area contributed by atoms with Crippen molar-refractivity contribution < 1.29 is 33.3 Å². The summed E-state index contributed by atoms with van der Waals surface area (Å²) < 4.78 is 32.8. The minimum atomic E-state index is -1.21. The second-order valence-corrected chi connectivity index (χ2v) is 8.89. The number of ketones is 1. The third-order valence-electron chi connectivity index (χ3n) is 6.77. The van der Waals surface area contributed by atoms with Crippen LogP contribution in [0, 0.1) is 11.6 Å². The second-order valence-electron chi connectivity index (χ2n) is 8.89. The Balaban J connectivity index is 1.71. The van der Waals surface area contributed by atoms with Crippen LogP contribution in [0.15, 0.2) is 60.2 Å². The van der Waals surface area contributed by atoms with E-state index in [0.29, 0.717) is 5.56 Å². The Morgan fingerprint density at radius 2 is 1.69 bits per heavy atom. The van der Waals surface area contributed by atoms with E-state index in [9.17, 15) is 28.6 Å². The highest BCUT2D eigenvalue weighted by atomic mass is 19.2. The second kappa shape index (κ2) is 9.11. The van der Waals surface area contributed by atoms with Crippen LogP contribution >= 0.6 is 0 Å². The summed E-state index contributed by atoms with van der Waals surface area (Å²) in [5.74, 6) is -4.76. The standard InChI is InChI=1S/C28H23F2NO5/c1-36-23-11-8-17(13-22(23)32)25-24(26(33)18-7-6-15-4-2-3-5-16(15)12-18)27(34)28(35)31(25)19-9-10-20(29)21(30)14-19/h6-14,25,32-33H,2-5H2,1H3/b26-24-. The van der Waals surface area contributed by atoms with Gasteiger partial charge in [-0.1, -0.05) is 18.2 Å². The zero-order valence-corrected chi connectivity index (χ0v) is 19.4. The molecule has 0 bridgehead atoms. The van der Waals surface area contributed by atoms with E-state index in [2.05, 4.69) is 0 Å². The van der Waals surface area contributed by atoms with Crippen LogP contribution in [0.5, 0.6) is 11.5 Å². The topological polar surface area (TPSA) is 87.1 Å². The van der Waals surface area contributed by atoms with Crippen molar-refractivity contribution in [2.24, 2.45) is 0 Å². The van der Waals surface area contributed by atoms with Crippen molar-refractivity contribution in [3.63, 3.8) is 0 Å². The van der Waals surface area contributed by atoms with E-state index in [4.69, 9.17) is 4.74 Å². The molecule has 8 heteroatoms. The van der Waals surface area contributed by atoms with Crippen molar-refractivity contribution in [2.45, 2.75) is 31.7 Å². The van der Waals surface area contributed by atoms with Crippen LogP contribution in [0.3, 0.4) is 0 Å². The lowest BCUT2D eigenvalue weighted by Gasteiger charge is -2.26. The molecular weight excluding hydrogens is 468 g/mol. The monoisotopic (exact) mass is 491 g/mol. The SMILES string of the molecule is COc1ccc(C2/C(=C(/O)c3ccc4c(c3)CCCC4)C(=O)C(=O)N2c2ccc(F)c(F)c2)cc1O. The number of ether oxygens (including phenoxy) is 1. The smallest absolute Gasteiger partial charge is 0.300 e. The van der Waals surface area contributed by atoms with E-state index >= 15 is 0 Å². The van der Waals surface area contributed by atoms with Crippen molar-refractivity contribution >= 4 is 23.1 Å². The van der Waals surface area contributed by atoms with Crippen molar-refractivity contribution in [1.82, 2.24) is 0 Å². The molecule has 1 fully saturated rings. The Morgan fingerprint density at radius 1 is 0.944 bits per heavy atom. The lowest BCUT2D eigenvalue weighted by Crippen LogP contribution is -2.29. The molecule has 2 N–H and O–H groups in total. The van der Waals surface area contributed by atoms with Crippen LogP contribution in [-0.2, 0) is 22.4 Å². The first-order chi connectivity index (χ1) is 17.3. The molecule has 5 rings (SSSR count). The van der Waals surface area contributed by atoms with Gasteiger partial charge in [-0.2, -0.15) is 0 Å². The van der Waals surface area contributed by atoms with E-state index in [1.807, 2.05) is 12.1 Å². The number of carbonyl (C=O) groups is 2. The molecule has 0 spiro atoms. The molecule has 184 valence electrons. The van der Waals surface area contributed by atoms with E-state index in [1.54, 1.807) is 6.07 Å². The van der Waals surface area contributed by atoms with Gasteiger partial charge in [0.05, 0.1) is 18.7 Å². The van der Waals surface area contributed by atoms with E-state index in [0.717, 1.165) is 48.3 Å². The van der Waals surface area contributed by atoms with Crippen LogP contribution in [0.4, 0.5) is 14.5 Å². The zero-order chi connectivity index (χ0) is 25.6. The van der Waals surface area contributed by atoms with Crippen molar-refractivity contribution in [2.75, 3.05) is 12.0 Å². The molecule has 0 radical (unpaired) electrons. The van der Waals surface area contributed by atoms with Crippen molar-refractivity contribution in [3.05, 3.63) is 94.1 Å². The molecule has 1 atom stereocenters. The van der Waals surface area contributed by atoms with Gasteiger partial charge < -0.3 is 14.9 Å². The average molecular weight is 491 g/mol. The number of Topliss-reactive ketones (excluding diaryl/α,β-unsaturated/α-hetero) is 1. The number of phenols is 1. The Hall–Kier alpha value is -4.20. The highest BCUT2D eigenvalue weighted by Gasteiger charge is 2.47. The number of nitrogens with zero attached hydrogens (tertiary/aromatic N) is 1. The van der Waals surface area contributed by atoms with Crippen LogP contribution in [0.2, 0.25) is 0 Å². The molecule has 0 aromatic heterocycles. The Kier molecular flexibility index (Phi) is 5.96. The normalized spacial score (nSPS) is 18.9. The van der Waals surface area contributed by atoms with Crippen LogP contribution < -0.4 is 9.64 Å². The number of aromatic hydroxyl groups is 1. The van der Waals surface area contributed by atoms with Crippen LogP contribution in [0.1, 0.15) is 41.1 Å². The van der Waals surface area contributed by atoms with Crippen LogP contribution in [0.25, 0.3) is 5.76 Å². The number of aryl methyl sites for hydroxylation is 2. The Bertz CT molecular complexity index is 1430. The number of halogens is 2. The predicted octanol–water partition coefficient (Wildman–Crippen LogP) is 5.18. The predicted molar refractivity (Wildman–Crippen MR) is 129 cm³/mol. The molecule has 1 saturated heterocycles. The number of hydrogen-bond acceptors (Lipinski definition) is 5. The molecule has 2 aliphatic rings. The first-order valence-corrected chi connectivity index (χ1v) is 11.5. The van der Waals surface area contributed by atoms with Gasteiger partial charge in [-0.25, -0.2) is 8.78 Å². The number of rotatable bonds is 4. The summed E-state index contributed by atoms with van der Waals surface area (Å²) in [6.45, 7) is 0. The molecule has 6 nitrogen and oxygen atoms in total. The molecule has 0 saturated carbocycles. The van der Waals surface area contributed by atoms with E-state index in [1.165, 1.54) is 36.9 Å². The molecule has 36 heavy (non-hydrogen) atoms. The van der Waals surface area contributed by atoms with E-state index < -0.39 is 29.4 Å². The number of aliphatic hydroxyl groups is 1. The molecule has 1 amide bonds. The number of carbonyl (C=O) groups excluding carboxylic acids is 2. The molecule has 1 heterocycles. The summed E-state index contributed by atoms with van der Waals surface area (Å²) >= 11 is 0. The van der Waals surface area contributed by atoms with Crippen LogP contribution in [-0.4, -0.2) is 29.0 Å². The van der Waals surface area contributed by atoms with E-state index in [-0.39, 0.29) is 34.1 Å². The number of phenolic OH excluding ortho intramolecular Hbond substituents is 1. The fourth-order valence-electron chi connectivity index (χ4n) is 4.96. The van der Waals surface area contributed by atoms with Gasteiger partial charge in [0.15, 0.2) is 23.1 Å². The summed E-state index contributed by atoms with van der Waals surface area (Å²) in [4.78, 5) is 27.5. The molecule has 1 aliphatic carbocycles. The zero-order valence-electron chi connectivity index (χ0n) is 19.4. The Morgan fingerprint density at radius 3 is 2.39 bits per heavy atom. The molecule has 1 unspecified atom stereocenters. The van der Waals surface area contributed by atoms with Crippen molar-refractivity contribution in [3.8, 4) is 11.5 Å². The third-order valence-corrected chi connectivity index (χ3v) is 6.77. The maximum Gasteiger partial charge on any atom is 0.300 e. The van der Waals surface area contributed by atoms with Gasteiger partial charge in [0.25, 0.3) is 11.7 Å². The molecule has 3 aromatic carbocycles. The number of amides is 1. The maximum atomic E-state index is 14.1. The Labute approximate surface area is 206 Å². The number of hydrogen-bond donors (Lipinski definition) is 2. The van der Waals surface area contributed by atoms with Gasteiger partial charge in [0.1, 0.15) is 5.76 Å². The lowest BCUT2D eigenvalue weighted by atomic mass is 9.88. The fraction of sp³-hybridized carbons (Fsp3) is 0.214. The summed E-state index contributed by atoms with van der Waals surface area (Å²) in [5.41, 5.74) is 2.61. The summed E-state index contributed by atoms with van der Waals surface area (Å²) in [7, 11) is 1.37. The van der Waals surface area contributed by atoms with Gasteiger partial charge >= 0.3 is 0 Å². The number of aliphatic hydroxyl groups excluding tert-OH is 1. The summed E-state index contributed by atoms with van der Waals surface area (Å²) in [6.07, 6.45) is 3.87. The highest BCUT2D eigenvalue weighted by Crippen LogP contribution is 2.44. The molecule has 1 aliphatic heterocycles. The molecule has 3 aromatic rings. The molecular formula is C28H23F2NO5. The lowest BCUT2D eigenvalue weighted by molar-refractivity contribution is -0.132. The summed E-state index contributed by atoms with van der Waals surface area (Å²) in [5, 5.41) is 21.7. The number of benzene rings is 3. The average Bonchev–Trinajstić information content (AvgIpc) is 3.15. The summed E-state index contributed by atoms with van der Waals surface area (Å²) in [6, 6.07) is 11.4. The number of methoxy groups -OCH3 is 1. The number of anilines is 1. The van der Waals surface area contributed by atoms with Gasteiger partial charge in [-0.05, 0) is 72.7 Å². The first kappa shape index (κ1) is 23.5. The van der Waals surface area contributed by atoms with Gasteiger partial charge in [0, 0.05) is 17.3 Å². The quantitative estimate of drug-likeness (QED) is 0.298. The first-order valence-electron chi connectivity index (χ1n) is 11.5. The van der Waals surface area contributed by atoms with Crippen molar-refractivity contribution in [1.29, 1.82) is 0 Å². The minimum Gasteiger partial charge on any atom is -0.507 e. The number of fused-ring (bicyclic) bond motifs is 1. The fourth-order valence-corrected chi connectivity index (χ4v) is 4.96. The van der Waals surface area contributed by atoms with Gasteiger partial charge in [0.2, 0.25) is 0 Å². The third kappa shape index (κ3) is 3.88.